The number of carbonyl (C=O) groups excluding carboxylic acids is 1. The Labute approximate surface area is 179 Å². The van der Waals surface area contributed by atoms with E-state index in [1.807, 2.05) is 29.0 Å². The monoisotopic (exact) mass is 455 g/mol. The molecule has 0 atom stereocenters. The van der Waals surface area contributed by atoms with Gasteiger partial charge in [0, 0.05) is 13.1 Å². The molecule has 2 N–H and O–H groups in total. The van der Waals surface area contributed by atoms with Gasteiger partial charge in [-0.2, -0.15) is 13.2 Å². The molecule has 0 spiro atoms. The second-order valence-electron chi connectivity index (χ2n) is 7.38. The van der Waals surface area contributed by atoms with E-state index in [2.05, 4.69) is 10.2 Å². The zero-order chi connectivity index (χ0) is 22.5. The largest absolute Gasteiger partial charge is 0.416 e. The van der Waals surface area contributed by atoms with Crippen LogP contribution < -0.4 is 10.0 Å². The maximum atomic E-state index is 12.8. The summed E-state index contributed by atoms with van der Waals surface area (Å²) < 4.78 is 65.0. The highest BCUT2D eigenvalue weighted by Gasteiger charge is 2.31. The summed E-state index contributed by atoms with van der Waals surface area (Å²) in [4.78, 5) is 13.9. The molecule has 1 fully saturated rings. The van der Waals surface area contributed by atoms with Gasteiger partial charge < -0.3 is 5.32 Å². The molecule has 168 valence electrons. The molecule has 1 saturated heterocycles. The van der Waals surface area contributed by atoms with Crippen molar-refractivity contribution in [3.05, 3.63) is 65.2 Å². The van der Waals surface area contributed by atoms with E-state index < -0.39 is 39.1 Å². The number of likely N-dealkylation sites (tertiary alicyclic amines) is 1. The quantitative estimate of drug-likeness (QED) is 0.642. The van der Waals surface area contributed by atoms with Crippen molar-refractivity contribution in [2.75, 3.05) is 19.6 Å². The van der Waals surface area contributed by atoms with Crippen LogP contribution in [0.3, 0.4) is 0 Å². The number of alkyl halides is 3. The fourth-order valence-corrected chi connectivity index (χ4v) is 4.43. The van der Waals surface area contributed by atoms with Crippen molar-refractivity contribution in [2.24, 2.45) is 0 Å². The van der Waals surface area contributed by atoms with Crippen molar-refractivity contribution in [1.29, 1.82) is 0 Å². The number of sulfonamides is 1. The number of rotatable bonds is 8. The molecule has 0 aliphatic carbocycles. The summed E-state index contributed by atoms with van der Waals surface area (Å²) in [5.74, 6) is -0.577. The molecule has 31 heavy (non-hydrogen) atoms. The molecule has 3 rings (SSSR count). The van der Waals surface area contributed by atoms with E-state index in [-0.39, 0.29) is 6.54 Å². The molecular weight excluding hydrogens is 431 g/mol. The van der Waals surface area contributed by atoms with Crippen molar-refractivity contribution in [2.45, 2.75) is 37.0 Å². The third-order valence-corrected chi connectivity index (χ3v) is 6.48. The summed E-state index contributed by atoms with van der Waals surface area (Å²) in [5.41, 5.74) is 0.951. The lowest BCUT2D eigenvalue weighted by molar-refractivity contribution is -0.137. The van der Waals surface area contributed by atoms with Gasteiger partial charge in [-0.1, -0.05) is 30.3 Å². The number of amides is 1. The second kappa shape index (κ2) is 9.80. The molecule has 0 bridgehead atoms. The van der Waals surface area contributed by atoms with Gasteiger partial charge in [0.25, 0.3) is 0 Å². The molecule has 0 radical (unpaired) electrons. The first-order valence-corrected chi connectivity index (χ1v) is 11.4. The number of hydrogen-bond acceptors (Lipinski definition) is 4. The third kappa shape index (κ3) is 6.52. The number of carbonyl (C=O) groups is 1. The molecule has 10 heteroatoms. The Hall–Kier alpha value is -2.43. The smallest absolute Gasteiger partial charge is 0.351 e. The molecular formula is C21H24F3N3O3S. The summed E-state index contributed by atoms with van der Waals surface area (Å²) in [7, 11) is -4.26. The van der Waals surface area contributed by atoms with Crippen LogP contribution >= 0.6 is 0 Å². The lowest BCUT2D eigenvalue weighted by Gasteiger charge is -2.17. The van der Waals surface area contributed by atoms with Crippen molar-refractivity contribution in [1.82, 2.24) is 14.9 Å². The summed E-state index contributed by atoms with van der Waals surface area (Å²) in [6, 6.07) is 11.1. The van der Waals surface area contributed by atoms with E-state index in [4.69, 9.17) is 0 Å². The molecule has 1 amide bonds. The lowest BCUT2D eigenvalue weighted by atomic mass is 10.1. The van der Waals surface area contributed by atoms with Crippen molar-refractivity contribution >= 4 is 15.9 Å². The summed E-state index contributed by atoms with van der Waals surface area (Å²) in [5, 5.41) is 2.66. The Balaban J connectivity index is 1.56. The highest BCUT2D eigenvalue weighted by atomic mass is 32.2. The Morgan fingerprint density at radius 2 is 1.68 bits per heavy atom. The summed E-state index contributed by atoms with van der Waals surface area (Å²) >= 11 is 0. The third-order valence-electron chi connectivity index (χ3n) is 5.08. The summed E-state index contributed by atoms with van der Waals surface area (Å²) in [6.45, 7) is 2.52. The molecule has 0 saturated carbocycles. The van der Waals surface area contributed by atoms with Crippen molar-refractivity contribution in [3.8, 4) is 0 Å². The van der Waals surface area contributed by atoms with E-state index in [9.17, 15) is 26.4 Å². The van der Waals surface area contributed by atoms with E-state index in [1.54, 1.807) is 0 Å². The first-order valence-electron chi connectivity index (χ1n) is 9.88. The number of nitrogens with zero attached hydrogens (tertiary/aromatic N) is 1. The van der Waals surface area contributed by atoms with Gasteiger partial charge in [0.15, 0.2) is 0 Å². The Morgan fingerprint density at radius 3 is 2.35 bits per heavy atom. The minimum absolute atomic E-state index is 0.230. The molecule has 2 aromatic rings. The molecule has 0 aromatic heterocycles. The van der Waals surface area contributed by atoms with Crippen molar-refractivity contribution < 1.29 is 26.4 Å². The number of benzene rings is 2. The SMILES string of the molecule is O=C(CNS(=O)(=O)c1cccc(C(F)(F)F)c1)NCc1ccccc1CN1CCCC1. The van der Waals surface area contributed by atoms with Gasteiger partial charge in [0.2, 0.25) is 15.9 Å². The van der Waals surface area contributed by atoms with Gasteiger partial charge in [-0.3, -0.25) is 9.69 Å². The second-order valence-corrected chi connectivity index (χ2v) is 9.15. The standard InChI is InChI=1S/C21H24F3N3O3S/c22-21(23,24)18-8-5-9-19(12-18)31(29,30)26-14-20(28)25-13-16-6-1-2-7-17(16)15-27-10-3-4-11-27/h1-2,5-9,12,26H,3-4,10-11,13-15H2,(H,25,28). The highest BCUT2D eigenvalue weighted by molar-refractivity contribution is 7.89. The molecule has 6 nitrogen and oxygen atoms in total. The van der Waals surface area contributed by atoms with Crippen LogP contribution in [-0.2, 0) is 34.1 Å². The van der Waals surface area contributed by atoms with Crippen molar-refractivity contribution in [3.63, 3.8) is 0 Å². The topological polar surface area (TPSA) is 78.5 Å². The molecule has 2 aromatic carbocycles. The van der Waals surface area contributed by atoms with Crippen LogP contribution in [0, 0.1) is 0 Å². The van der Waals surface area contributed by atoms with E-state index in [0.717, 1.165) is 49.0 Å². The first-order chi connectivity index (χ1) is 14.6. The van der Waals surface area contributed by atoms with Crippen LogP contribution in [0.4, 0.5) is 13.2 Å². The minimum Gasteiger partial charge on any atom is -0.351 e. The van der Waals surface area contributed by atoms with Crippen LogP contribution in [0.5, 0.6) is 0 Å². The van der Waals surface area contributed by atoms with E-state index >= 15 is 0 Å². The van der Waals surface area contributed by atoms with Gasteiger partial charge in [0.05, 0.1) is 17.0 Å². The zero-order valence-electron chi connectivity index (χ0n) is 16.8. The van der Waals surface area contributed by atoms with Crippen LogP contribution in [0.25, 0.3) is 0 Å². The maximum absolute atomic E-state index is 12.8. The average Bonchev–Trinajstić information content (AvgIpc) is 3.24. The normalized spacial score (nSPS) is 15.2. The molecule has 0 unspecified atom stereocenters. The number of hydrogen-bond donors (Lipinski definition) is 2. The fraction of sp³-hybridized carbons (Fsp3) is 0.381. The van der Waals surface area contributed by atoms with Crippen LogP contribution in [0.2, 0.25) is 0 Å². The molecule has 1 aliphatic rings. The fourth-order valence-electron chi connectivity index (χ4n) is 3.41. The van der Waals surface area contributed by atoms with Gasteiger partial charge in [-0.25, -0.2) is 13.1 Å². The predicted octanol–water partition coefficient (Wildman–Crippen LogP) is 2.90. The first kappa shape index (κ1) is 23.2. The Kier molecular flexibility index (Phi) is 7.34. The van der Waals surface area contributed by atoms with Crippen LogP contribution in [0.15, 0.2) is 53.4 Å². The van der Waals surface area contributed by atoms with E-state index in [0.29, 0.717) is 6.07 Å². The maximum Gasteiger partial charge on any atom is 0.416 e. The minimum atomic E-state index is -4.66. The summed E-state index contributed by atoms with van der Waals surface area (Å²) in [6.07, 6.45) is -2.32. The number of nitrogens with one attached hydrogen (secondary N) is 2. The zero-order valence-corrected chi connectivity index (χ0v) is 17.6. The number of halogens is 3. The average molecular weight is 456 g/mol. The van der Waals surface area contributed by atoms with Crippen LogP contribution in [0.1, 0.15) is 29.5 Å². The van der Waals surface area contributed by atoms with Gasteiger partial charge in [-0.05, 0) is 55.3 Å². The highest BCUT2D eigenvalue weighted by Crippen LogP contribution is 2.30. The predicted molar refractivity (Wildman–Crippen MR) is 109 cm³/mol. The molecule has 1 heterocycles. The van der Waals surface area contributed by atoms with Crippen LogP contribution in [-0.4, -0.2) is 38.9 Å². The van der Waals surface area contributed by atoms with Gasteiger partial charge >= 0.3 is 6.18 Å². The Bertz CT molecular complexity index is 1020. The van der Waals surface area contributed by atoms with Gasteiger partial charge in [0.1, 0.15) is 0 Å². The lowest BCUT2D eigenvalue weighted by Crippen LogP contribution is -2.36. The molecule has 1 aliphatic heterocycles. The van der Waals surface area contributed by atoms with E-state index in [1.165, 1.54) is 12.8 Å². The van der Waals surface area contributed by atoms with Gasteiger partial charge in [-0.15, -0.1) is 0 Å². The Morgan fingerprint density at radius 1 is 1.00 bits per heavy atom.